The Morgan fingerprint density at radius 3 is 2.56 bits per heavy atom. The summed E-state index contributed by atoms with van der Waals surface area (Å²) in [7, 11) is -3.69. The normalized spacial score (nSPS) is 11.7. The highest BCUT2D eigenvalue weighted by atomic mass is 35.5. The standard InChI is InChI=1S/C18H12ClN3O2S/c19-18-10-13(6-8-21-18)16-11-20-12-17-15(16)7-9-22(17)25(23,24)14-4-2-1-3-5-14/h1-12H. The number of halogens is 1. The monoisotopic (exact) mass is 369 g/mol. The molecule has 0 spiro atoms. The van der Waals surface area contributed by atoms with Gasteiger partial charge in [0.25, 0.3) is 10.0 Å². The van der Waals surface area contributed by atoms with E-state index in [1.807, 2.05) is 6.07 Å². The lowest BCUT2D eigenvalue weighted by molar-refractivity contribution is 0.589. The highest BCUT2D eigenvalue weighted by Gasteiger charge is 2.20. The topological polar surface area (TPSA) is 64.8 Å². The lowest BCUT2D eigenvalue weighted by atomic mass is 10.1. The van der Waals surface area contributed by atoms with Crippen LogP contribution in [0.4, 0.5) is 0 Å². The van der Waals surface area contributed by atoms with Gasteiger partial charge in [-0.1, -0.05) is 29.8 Å². The van der Waals surface area contributed by atoms with Crippen LogP contribution in [0.25, 0.3) is 22.0 Å². The second kappa shape index (κ2) is 5.98. The number of fused-ring (bicyclic) bond motifs is 1. The molecule has 1 aromatic carbocycles. The van der Waals surface area contributed by atoms with Crippen molar-refractivity contribution in [3.63, 3.8) is 0 Å². The van der Waals surface area contributed by atoms with Crippen LogP contribution in [0.15, 0.2) is 78.2 Å². The summed E-state index contributed by atoms with van der Waals surface area (Å²) in [5.41, 5.74) is 2.13. The number of aromatic nitrogens is 3. The van der Waals surface area contributed by atoms with Crippen LogP contribution in [-0.4, -0.2) is 22.4 Å². The first-order valence-electron chi connectivity index (χ1n) is 7.45. The molecule has 5 nitrogen and oxygen atoms in total. The highest BCUT2D eigenvalue weighted by molar-refractivity contribution is 7.90. The summed E-state index contributed by atoms with van der Waals surface area (Å²) in [4.78, 5) is 8.41. The van der Waals surface area contributed by atoms with Crippen molar-refractivity contribution in [2.45, 2.75) is 4.90 Å². The van der Waals surface area contributed by atoms with Gasteiger partial charge in [-0.05, 0) is 35.9 Å². The third kappa shape index (κ3) is 2.69. The van der Waals surface area contributed by atoms with E-state index in [0.717, 1.165) is 16.5 Å². The van der Waals surface area contributed by atoms with E-state index < -0.39 is 10.0 Å². The highest BCUT2D eigenvalue weighted by Crippen LogP contribution is 2.31. The zero-order chi connectivity index (χ0) is 17.4. The first-order valence-corrected chi connectivity index (χ1v) is 9.27. The minimum atomic E-state index is -3.69. The molecule has 25 heavy (non-hydrogen) atoms. The van der Waals surface area contributed by atoms with Gasteiger partial charge in [-0.2, -0.15) is 0 Å². The zero-order valence-corrected chi connectivity index (χ0v) is 14.4. The molecule has 0 atom stereocenters. The van der Waals surface area contributed by atoms with E-state index >= 15 is 0 Å². The van der Waals surface area contributed by atoms with Crippen molar-refractivity contribution >= 4 is 32.5 Å². The smallest absolute Gasteiger partial charge is 0.262 e. The van der Waals surface area contributed by atoms with Gasteiger partial charge < -0.3 is 0 Å². The quantitative estimate of drug-likeness (QED) is 0.512. The van der Waals surface area contributed by atoms with Crippen molar-refractivity contribution < 1.29 is 8.42 Å². The van der Waals surface area contributed by atoms with Gasteiger partial charge in [-0.15, -0.1) is 0 Å². The fourth-order valence-corrected chi connectivity index (χ4v) is 4.28. The molecule has 0 fully saturated rings. The first-order chi connectivity index (χ1) is 12.1. The Labute approximate surface area is 149 Å². The molecule has 3 heterocycles. The molecule has 0 saturated carbocycles. The largest absolute Gasteiger partial charge is 0.268 e. The Bertz CT molecular complexity index is 1170. The van der Waals surface area contributed by atoms with Crippen molar-refractivity contribution in [2.75, 3.05) is 0 Å². The molecule has 0 aliphatic rings. The summed E-state index contributed by atoms with van der Waals surface area (Å²) >= 11 is 5.97. The SMILES string of the molecule is O=S(=O)(c1ccccc1)n1ccc2c(-c3ccnc(Cl)c3)cncc21. The molecule has 3 aromatic heterocycles. The fraction of sp³-hybridized carbons (Fsp3) is 0. The van der Waals surface area contributed by atoms with E-state index in [1.54, 1.807) is 67.3 Å². The Morgan fingerprint density at radius 1 is 1.00 bits per heavy atom. The summed E-state index contributed by atoms with van der Waals surface area (Å²) in [6.07, 6.45) is 6.38. The molecule has 7 heteroatoms. The van der Waals surface area contributed by atoms with Gasteiger partial charge in [-0.25, -0.2) is 17.4 Å². The molecule has 0 radical (unpaired) electrons. The molecule has 0 bridgehead atoms. The van der Waals surface area contributed by atoms with E-state index in [1.165, 1.54) is 3.97 Å². The van der Waals surface area contributed by atoms with Crippen LogP contribution < -0.4 is 0 Å². The van der Waals surface area contributed by atoms with Gasteiger partial charge in [0.1, 0.15) is 5.15 Å². The third-order valence-corrected chi connectivity index (χ3v) is 5.83. The van der Waals surface area contributed by atoms with Crippen LogP contribution in [-0.2, 0) is 10.0 Å². The minimum Gasteiger partial charge on any atom is -0.262 e. The van der Waals surface area contributed by atoms with Crippen molar-refractivity contribution in [2.24, 2.45) is 0 Å². The van der Waals surface area contributed by atoms with Gasteiger partial charge in [0.05, 0.1) is 16.6 Å². The van der Waals surface area contributed by atoms with Crippen LogP contribution >= 0.6 is 11.6 Å². The maximum atomic E-state index is 12.9. The van der Waals surface area contributed by atoms with Crippen LogP contribution in [0.5, 0.6) is 0 Å². The molecule has 0 amide bonds. The Hall–Kier alpha value is -2.70. The van der Waals surface area contributed by atoms with E-state index in [4.69, 9.17) is 11.6 Å². The Morgan fingerprint density at radius 2 is 1.80 bits per heavy atom. The summed E-state index contributed by atoms with van der Waals surface area (Å²) in [6.45, 7) is 0. The molecule has 0 saturated heterocycles. The Balaban J connectivity index is 1.94. The minimum absolute atomic E-state index is 0.227. The van der Waals surface area contributed by atoms with Crippen LogP contribution in [0.3, 0.4) is 0 Å². The fourth-order valence-electron chi connectivity index (χ4n) is 2.75. The van der Waals surface area contributed by atoms with E-state index in [2.05, 4.69) is 9.97 Å². The molecule has 4 aromatic rings. The van der Waals surface area contributed by atoms with Crippen molar-refractivity contribution in [3.8, 4) is 11.1 Å². The van der Waals surface area contributed by atoms with Crippen LogP contribution in [0.2, 0.25) is 5.15 Å². The van der Waals surface area contributed by atoms with Gasteiger partial charge in [0.2, 0.25) is 0 Å². The average molecular weight is 370 g/mol. The number of pyridine rings is 2. The van der Waals surface area contributed by atoms with Crippen molar-refractivity contribution in [1.29, 1.82) is 0 Å². The van der Waals surface area contributed by atoms with Crippen molar-refractivity contribution in [1.82, 2.24) is 13.9 Å². The predicted molar refractivity (Wildman–Crippen MR) is 97.0 cm³/mol. The van der Waals surface area contributed by atoms with Crippen molar-refractivity contribution in [3.05, 3.63) is 78.5 Å². The second-order valence-electron chi connectivity index (χ2n) is 5.42. The molecular formula is C18H12ClN3O2S. The van der Waals surface area contributed by atoms with Gasteiger partial charge in [0, 0.05) is 29.5 Å². The molecule has 0 aliphatic heterocycles. The third-order valence-electron chi connectivity index (χ3n) is 3.92. The van der Waals surface area contributed by atoms with Gasteiger partial charge in [0.15, 0.2) is 0 Å². The number of nitrogens with zero attached hydrogens (tertiary/aromatic N) is 3. The van der Waals surface area contributed by atoms with E-state index in [9.17, 15) is 8.42 Å². The lowest BCUT2D eigenvalue weighted by Gasteiger charge is -2.08. The summed E-state index contributed by atoms with van der Waals surface area (Å²) in [5, 5.41) is 1.14. The average Bonchev–Trinajstić information content (AvgIpc) is 3.07. The van der Waals surface area contributed by atoms with Crippen LogP contribution in [0.1, 0.15) is 0 Å². The maximum Gasteiger partial charge on any atom is 0.268 e. The van der Waals surface area contributed by atoms with Gasteiger partial charge >= 0.3 is 0 Å². The summed E-state index contributed by atoms with van der Waals surface area (Å²) < 4.78 is 27.1. The lowest BCUT2D eigenvalue weighted by Crippen LogP contribution is -2.11. The zero-order valence-electron chi connectivity index (χ0n) is 12.9. The number of rotatable bonds is 3. The maximum absolute atomic E-state index is 12.9. The number of hydrogen-bond acceptors (Lipinski definition) is 4. The first kappa shape index (κ1) is 15.8. The summed E-state index contributed by atoms with van der Waals surface area (Å²) in [5.74, 6) is 0. The molecular weight excluding hydrogens is 358 g/mol. The van der Waals surface area contributed by atoms with E-state index in [-0.39, 0.29) is 4.90 Å². The second-order valence-corrected chi connectivity index (χ2v) is 7.62. The molecule has 0 N–H and O–H groups in total. The molecule has 4 rings (SSSR count). The number of hydrogen-bond donors (Lipinski definition) is 0. The van der Waals surface area contributed by atoms with E-state index in [0.29, 0.717) is 10.7 Å². The summed E-state index contributed by atoms with van der Waals surface area (Å²) in [6, 6.07) is 13.6. The number of benzene rings is 1. The predicted octanol–water partition coefficient (Wildman–Crippen LogP) is 3.99. The molecule has 0 aliphatic carbocycles. The van der Waals surface area contributed by atoms with Crippen LogP contribution in [0, 0.1) is 0 Å². The Kier molecular flexibility index (Phi) is 3.78. The van der Waals surface area contributed by atoms with Gasteiger partial charge in [-0.3, -0.25) is 4.98 Å². The molecule has 0 unspecified atom stereocenters. The molecule has 124 valence electrons.